The van der Waals surface area contributed by atoms with Gasteiger partial charge in [-0.1, -0.05) is 23.5 Å². The fraction of sp³-hybridized carbons (Fsp3) is 0.176. The number of halogens is 1. The molecule has 0 aliphatic rings. The molecule has 7 nitrogen and oxygen atoms in total. The van der Waals surface area contributed by atoms with E-state index < -0.39 is 29.1 Å². The minimum atomic E-state index is -0.954. The number of anilines is 1. The molecule has 0 radical (unpaired) electrons. The molecule has 1 aromatic carbocycles. The highest BCUT2D eigenvalue weighted by Crippen LogP contribution is 2.29. The molecular weight excluding hydrogens is 393 g/mol. The van der Waals surface area contributed by atoms with Crippen LogP contribution in [0.4, 0.5) is 14.2 Å². The Bertz CT molecular complexity index is 995. The molecule has 27 heavy (non-hydrogen) atoms. The van der Waals surface area contributed by atoms with Gasteiger partial charge in [0.2, 0.25) is 0 Å². The van der Waals surface area contributed by atoms with Crippen LogP contribution in [0, 0.1) is 5.13 Å². The first-order valence-electron chi connectivity index (χ1n) is 7.81. The monoisotopic (exact) mass is 407 g/mol. The molecule has 0 saturated carbocycles. The summed E-state index contributed by atoms with van der Waals surface area (Å²) >= 11 is 1.76. The second kappa shape index (κ2) is 7.80. The lowest BCUT2D eigenvalue weighted by molar-refractivity contribution is 0.0877. The predicted octanol–water partition coefficient (Wildman–Crippen LogP) is 4.02. The number of ether oxygens (including phenoxy) is 1. The van der Waals surface area contributed by atoms with Gasteiger partial charge in [-0.15, -0.1) is 11.3 Å². The predicted molar refractivity (Wildman–Crippen MR) is 101 cm³/mol. The Kier molecular flexibility index (Phi) is 5.47. The summed E-state index contributed by atoms with van der Waals surface area (Å²) in [7, 11) is 0. The van der Waals surface area contributed by atoms with Crippen molar-refractivity contribution < 1.29 is 23.5 Å². The number of hydrogen-bond donors (Lipinski definition) is 2. The molecule has 0 saturated heterocycles. The van der Waals surface area contributed by atoms with Crippen LogP contribution >= 0.6 is 22.7 Å². The average molecular weight is 407 g/mol. The van der Waals surface area contributed by atoms with E-state index in [2.05, 4.69) is 10.3 Å². The van der Waals surface area contributed by atoms with E-state index in [1.807, 2.05) is 17.4 Å². The number of benzene rings is 1. The quantitative estimate of drug-likeness (QED) is 0.681. The van der Waals surface area contributed by atoms with Gasteiger partial charge in [-0.3, -0.25) is 14.9 Å². The molecule has 0 atom stereocenters. The van der Waals surface area contributed by atoms with Crippen LogP contribution in [0.5, 0.6) is 0 Å². The lowest BCUT2D eigenvalue weighted by Crippen LogP contribution is -2.33. The van der Waals surface area contributed by atoms with Crippen molar-refractivity contribution >= 4 is 55.8 Å². The maximum Gasteiger partial charge on any atom is 0.414 e. The summed E-state index contributed by atoms with van der Waals surface area (Å²) in [6, 6.07) is 8.17. The van der Waals surface area contributed by atoms with E-state index in [1.165, 1.54) is 11.3 Å². The van der Waals surface area contributed by atoms with Crippen molar-refractivity contribution in [3.63, 3.8) is 0 Å². The SMILES string of the molecule is CC(C)OC(=O)NC(=O)c1cc(F)sc1NC(=O)c1nc2ccccc2s1. The topological polar surface area (TPSA) is 97.4 Å². The lowest BCUT2D eigenvalue weighted by Gasteiger charge is -2.09. The van der Waals surface area contributed by atoms with Crippen LogP contribution in [0.15, 0.2) is 30.3 Å². The molecule has 0 aliphatic carbocycles. The van der Waals surface area contributed by atoms with Crippen LogP contribution in [-0.4, -0.2) is 29.0 Å². The first kappa shape index (κ1) is 18.9. The summed E-state index contributed by atoms with van der Waals surface area (Å²) in [6.45, 7) is 3.25. The number of thiazole rings is 1. The van der Waals surface area contributed by atoms with Gasteiger partial charge >= 0.3 is 6.09 Å². The van der Waals surface area contributed by atoms with Crippen molar-refractivity contribution in [2.75, 3.05) is 5.32 Å². The second-order valence-electron chi connectivity index (χ2n) is 5.64. The van der Waals surface area contributed by atoms with Crippen LogP contribution in [0.2, 0.25) is 0 Å². The third kappa shape index (κ3) is 4.47. The van der Waals surface area contributed by atoms with Crippen LogP contribution in [0.25, 0.3) is 10.2 Å². The largest absolute Gasteiger partial charge is 0.447 e. The number of amides is 3. The van der Waals surface area contributed by atoms with Crippen LogP contribution in [0.1, 0.15) is 34.0 Å². The number of aromatic nitrogens is 1. The highest BCUT2D eigenvalue weighted by atomic mass is 32.1. The standard InChI is InChI=1S/C17H14FN3O4S2/c1-8(2)25-17(24)21-13(22)9-7-12(18)27-15(9)20-14(23)16-19-10-5-3-4-6-11(10)26-16/h3-8H,1-2H3,(H,20,23)(H,21,22,24). The van der Waals surface area contributed by atoms with Gasteiger partial charge in [0.25, 0.3) is 11.8 Å². The van der Waals surface area contributed by atoms with Gasteiger partial charge < -0.3 is 10.1 Å². The number of fused-ring (bicyclic) bond motifs is 1. The van der Waals surface area contributed by atoms with Crippen molar-refractivity contribution in [1.82, 2.24) is 10.3 Å². The molecule has 3 rings (SSSR count). The number of hydrogen-bond acceptors (Lipinski definition) is 7. The summed E-state index contributed by atoms with van der Waals surface area (Å²) in [5.74, 6) is -1.45. The van der Waals surface area contributed by atoms with Crippen LogP contribution in [-0.2, 0) is 4.74 Å². The number of rotatable bonds is 4. The molecule has 0 spiro atoms. The zero-order chi connectivity index (χ0) is 19.6. The normalized spacial score (nSPS) is 10.8. The number of imide groups is 1. The van der Waals surface area contributed by atoms with E-state index in [0.29, 0.717) is 16.9 Å². The summed E-state index contributed by atoms with van der Waals surface area (Å²) in [5.41, 5.74) is 0.493. The third-order valence-electron chi connectivity index (χ3n) is 3.22. The molecule has 2 aromatic heterocycles. The summed E-state index contributed by atoms with van der Waals surface area (Å²) in [5, 5.41) is 3.94. The zero-order valence-electron chi connectivity index (χ0n) is 14.2. The molecule has 0 bridgehead atoms. The second-order valence-corrected chi connectivity index (χ2v) is 7.68. The highest BCUT2D eigenvalue weighted by molar-refractivity contribution is 7.20. The van der Waals surface area contributed by atoms with Gasteiger partial charge in [-0.2, -0.15) is 4.39 Å². The molecular formula is C17H14FN3O4S2. The van der Waals surface area contributed by atoms with Gasteiger partial charge in [0.1, 0.15) is 5.00 Å². The Morgan fingerprint density at radius 1 is 1.15 bits per heavy atom. The van der Waals surface area contributed by atoms with Crippen LogP contribution < -0.4 is 10.6 Å². The Morgan fingerprint density at radius 2 is 1.89 bits per heavy atom. The average Bonchev–Trinajstić information content (AvgIpc) is 3.17. The number of para-hydroxylation sites is 1. The molecule has 3 amide bonds. The van der Waals surface area contributed by atoms with Gasteiger partial charge in [0, 0.05) is 6.07 Å². The van der Waals surface area contributed by atoms with Crippen molar-refractivity contribution in [3.05, 3.63) is 46.0 Å². The summed E-state index contributed by atoms with van der Waals surface area (Å²) in [6.07, 6.45) is -1.37. The molecule has 0 unspecified atom stereocenters. The van der Waals surface area contributed by atoms with Gasteiger partial charge in [0.05, 0.1) is 21.9 Å². The van der Waals surface area contributed by atoms with Crippen molar-refractivity contribution in [1.29, 1.82) is 0 Å². The van der Waals surface area contributed by atoms with Crippen molar-refractivity contribution in [2.45, 2.75) is 20.0 Å². The van der Waals surface area contributed by atoms with E-state index in [-0.39, 0.29) is 15.6 Å². The van der Waals surface area contributed by atoms with Gasteiger partial charge in [0.15, 0.2) is 10.1 Å². The van der Waals surface area contributed by atoms with Crippen molar-refractivity contribution in [2.24, 2.45) is 0 Å². The number of alkyl carbamates (subject to hydrolysis) is 1. The first-order chi connectivity index (χ1) is 12.8. The maximum absolute atomic E-state index is 13.7. The van der Waals surface area contributed by atoms with E-state index in [1.54, 1.807) is 26.0 Å². The number of nitrogens with one attached hydrogen (secondary N) is 2. The Morgan fingerprint density at radius 3 is 2.59 bits per heavy atom. The summed E-state index contributed by atoms with van der Waals surface area (Å²) < 4.78 is 19.3. The molecule has 10 heteroatoms. The van der Waals surface area contributed by atoms with Gasteiger partial charge in [-0.05, 0) is 26.0 Å². The first-order valence-corrected chi connectivity index (χ1v) is 9.45. The fourth-order valence-corrected chi connectivity index (χ4v) is 3.79. The minimum Gasteiger partial charge on any atom is -0.447 e. The molecule has 0 aliphatic heterocycles. The van der Waals surface area contributed by atoms with Crippen LogP contribution in [0.3, 0.4) is 0 Å². The van der Waals surface area contributed by atoms with E-state index in [4.69, 9.17) is 4.74 Å². The number of carbonyl (C=O) groups excluding carboxylic acids is 3. The number of thiophene rings is 1. The van der Waals surface area contributed by atoms with E-state index in [9.17, 15) is 18.8 Å². The zero-order valence-corrected chi connectivity index (χ0v) is 15.9. The van der Waals surface area contributed by atoms with E-state index in [0.717, 1.165) is 10.8 Å². The lowest BCUT2D eigenvalue weighted by atomic mass is 10.3. The fourth-order valence-electron chi connectivity index (χ4n) is 2.15. The minimum absolute atomic E-state index is 0.0217. The molecule has 3 aromatic rings. The third-order valence-corrected chi connectivity index (χ3v) is 5.09. The number of nitrogens with zero attached hydrogens (tertiary/aromatic N) is 1. The van der Waals surface area contributed by atoms with E-state index >= 15 is 0 Å². The molecule has 140 valence electrons. The molecule has 2 N–H and O–H groups in total. The Balaban J connectivity index is 1.78. The highest BCUT2D eigenvalue weighted by Gasteiger charge is 2.22. The molecule has 0 fully saturated rings. The van der Waals surface area contributed by atoms with Gasteiger partial charge in [-0.25, -0.2) is 9.78 Å². The van der Waals surface area contributed by atoms with Crippen molar-refractivity contribution in [3.8, 4) is 0 Å². The molecule has 2 heterocycles. The Hall–Kier alpha value is -2.85. The summed E-state index contributed by atoms with van der Waals surface area (Å²) in [4.78, 5) is 40.4. The smallest absolute Gasteiger partial charge is 0.414 e. The number of carbonyl (C=O) groups is 3. The Labute approximate surface area is 161 Å². The maximum atomic E-state index is 13.7.